The average molecular weight is 707 g/mol. The zero-order chi connectivity index (χ0) is 30.9. The van der Waals surface area contributed by atoms with Crippen LogP contribution in [0.1, 0.15) is 61.6 Å². The lowest BCUT2D eigenvalue weighted by Crippen LogP contribution is -2.54. The second kappa shape index (κ2) is 15.9. The third kappa shape index (κ3) is 8.71. The number of hydrogen-bond donors (Lipinski definition) is 4. The van der Waals surface area contributed by atoms with Crippen molar-refractivity contribution in [2.75, 3.05) is 20.3 Å². The molecule has 2 aliphatic carbocycles. The monoisotopic (exact) mass is 706 g/mol. The number of amides is 2. The Morgan fingerprint density at radius 1 is 1.09 bits per heavy atom. The molecule has 2 aliphatic rings. The summed E-state index contributed by atoms with van der Waals surface area (Å²) in [6.45, 7) is 1.99. The molecule has 1 saturated carbocycles. The smallest absolute Gasteiger partial charge is 0.247 e. The molecule has 1 fully saturated rings. The van der Waals surface area contributed by atoms with Gasteiger partial charge >= 0.3 is 0 Å². The van der Waals surface area contributed by atoms with Crippen molar-refractivity contribution >= 4 is 34.4 Å². The summed E-state index contributed by atoms with van der Waals surface area (Å²) in [5.41, 5.74) is 3.05. The van der Waals surface area contributed by atoms with Gasteiger partial charge in [0.05, 0.1) is 29.9 Å². The second-order valence-corrected chi connectivity index (χ2v) is 12.6. The van der Waals surface area contributed by atoms with E-state index in [1.54, 1.807) is 23.1 Å². The molecule has 0 radical (unpaired) electrons. The Kier molecular flexibility index (Phi) is 12.3. The van der Waals surface area contributed by atoms with Gasteiger partial charge in [0, 0.05) is 31.5 Å². The van der Waals surface area contributed by atoms with Crippen LogP contribution < -0.4 is 14.8 Å². The Balaban J connectivity index is 1.68. The number of nitrogens with one attached hydrogen (secondary N) is 1. The van der Waals surface area contributed by atoms with E-state index in [1.807, 2.05) is 31.2 Å². The summed E-state index contributed by atoms with van der Waals surface area (Å²) < 4.78 is 12.6. The molecule has 0 bridgehead atoms. The number of hydrogen-bond acceptors (Lipinski definition) is 7. The Labute approximate surface area is 267 Å². The molecule has 234 valence electrons. The van der Waals surface area contributed by atoms with E-state index in [0.29, 0.717) is 38.5 Å². The molecule has 2 amide bonds. The molecule has 0 aromatic heterocycles. The predicted molar refractivity (Wildman–Crippen MR) is 172 cm³/mol. The number of carbonyl (C=O) groups is 2. The number of halogens is 1. The van der Waals surface area contributed by atoms with Crippen molar-refractivity contribution in [3.63, 3.8) is 0 Å². The summed E-state index contributed by atoms with van der Waals surface area (Å²) in [4.78, 5) is 28.8. The average Bonchev–Trinajstić information content (AvgIpc) is 3.54. The molecule has 2 aromatic carbocycles. The topological polar surface area (TPSA) is 129 Å². The van der Waals surface area contributed by atoms with Crippen LogP contribution >= 0.6 is 22.6 Å². The number of benzene rings is 2. The van der Waals surface area contributed by atoms with Gasteiger partial charge in [0.2, 0.25) is 11.8 Å². The molecule has 0 heterocycles. The van der Waals surface area contributed by atoms with Crippen LogP contribution in [0.2, 0.25) is 0 Å². The maximum Gasteiger partial charge on any atom is 0.247 e. The van der Waals surface area contributed by atoms with E-state index in [9.17, 15) is 24.9 Å². The Bertz CT molecular complexity index is 1280. The number of aryl methyl sites for hydroxylation is 1. The summed E-state index contributed by atoms with van der Waals surface area (Å²) in [6.07, 6.45) is 5.46. The van der Waals surface area contributed by atoms with Gasteiger partial charge in [-0.15, -0.1) is 0 Å². The van der Waals surface area contributed by atoms with Crippen molar-refractivity contribution in [1.82, 2.24) is 10.2 Å². The molecular weight excluding hydrogens is 663 g/mol. The predicted octanol–water partition coefficient (Wildman–Crippen LogP) is 4.02. The first-order valence-electron chi connectivity index (χ1n) is 15.0. The highest BCUT2D eigenvalue weighted by atomic mass is 127. The van der Waals surface area contributed by atoms with Crippen LogP contribution in [0.25, 0.3) is 0 Å². The van der Waals surface area contributed by atoms with Crippen molar-refractivity contribution < 1.29 is 34.4 Å². The van der Waals surface area contributed by atoms with E-state index in [4.69, 9.17) is 9.47 Å². The molecule has 4 rings (SSSR count). The van der Waals surface area contributed by atoms with Crippen LogP contribution in [0.4, 0.5) is 0 Å². The highest BCUT2D eigenvalue weighted by Gasteiger charge is 2.41. The summed E-state index contributed by atoms with van der Waals surface area (Å²) in [5, 5.41) is 33.5. The molecule has 0 spiro atoms. The van der Waals surface area contributed by atoms with Gasteiger partial charge in [-0.2, -0.15) is 0 Å². The van der Waals surface area contributed by atoms with E-state index in [1.165, 1.54) is 20.0 Å². The number of aliphatic hydroxyl groups is 3. The summed E-state index contributed by atoms with van der Waals surface area (Å²) in [6, 6.07) is 10.7. The van der Waals surface area contributed by atoms with E-state index in [-0.39, 0.29) is 44.5 Å². The lowest BCUT2D eigenvalue weighted by atomic mass is 9.87. The van der Waals surface area contributed by atoms with Gasteiger partial charge in [0.15, 0.2) is 11.5 Å². The van der Waals surface area contributed by atoms with Crippen molar-refractivity contribution in [2.45, 2.75) is 83.3 Å². The standard InChI is InChI=1S/C33H43IN2O7/c1-21-7-9-23(10-8-21)19-36(30(39)12-11-22-5-3-4-6-22)27-17-25(33(41)35-13-14-37)18-28(31(27)40)43-32-26(34)15-24(20-38)16-29(32)42-2/h7-10,15-16,18,22,27-28,31,37-38,40H,3-6,11-14,17,19-20H2,1-2H3,(H,35,41)/t27-,28+,31+/m1/s1. The fraction of sp³-hybridized carbons (Fsp3) is 0.515. The van der Waals surface area contributed by atoms with Gasteiger partial charge in [-0.3, -0.25) is 9.59 Å². The van der Waals surface area contributed by atoms with Crippen molar-refractivity contribution in [3.05, 3.63) is 68.3 Å². The largest absolute Gasteiger partial charge is 0.493 e. The number of methoxy groups -OCH3 is 1. The SMILES string of the molecule is COc1cc(CO)cc(I)c1O[C@H]1C=C(C(=O)NCCO)C[C@@H](N(Cc2ccc(C)cc2)C(=O)CCC2CCCC2)[C@@H]1O. The number of carbonyl (C=O) groups excluding carboxylic acids is 2. The number of aliphatic hydroxyl groups excluding tert-OH is 3. The number of rotatable bonds is 13. The minimum Gasteiger partial charge on any atom is -0.493 e. The van der Waals surface area contributed by atoms with Crippen LogP contribution in [-0.2, 0) is 22.7 Å². The Hall–Kier alpha value is -2.67. The molecule has 10 heteroatoms. The lowest BCUT2D eigenvalue weighted by molar-refractivity contribution is -0.139. The van der Waals surface area contributed by atoms with Gasteiger partial charge < -0.3 is 35.0 Å². The quantitative estimate of drug-likeness (QED) is 0.232. The van der Waals surface area contributed by atoms with Crippen LogP contribution in [0.3, 0.4) is 0 Å². The van der Waals surface area contributed by atoms with Crippen LogP contribution in [0, 0.1) is 16.4 Å². The number of nitrogens with zero attached hydrogens (tertiary/aromatic N) is 1. The molecule has 0 saturated heterocycles. The summed E-state index contributed by atoms with van der Waals surface area (Å²) in [5.74, 6) is 0.842. The van der Waals surface area contributed by atoms with E-state index in [0.717, 1.165) is 30.4 Å². The van der Waals surface area contributed by atoms with Crippen molar-refractivity contribution in [3.8, 4) is 11.5 Å². The first kappa shape index (κ1) is 33.2. The fourth-order valence-electron chi connectivity index (χ4n) is 5.95. The van der Waals surface area contributed by atoms with Crippen LogP contribution in [0.5, 0.6) is 11.5 Å². The molecule has 0 aliphatic heterocycles. The number of ether oxygens (including phenoxy) is 2. The molecule has 2 aromatic rings. The second-order valence-electron chi connectivity index (χ2n) is 11.5. The highest BCUT2D eigenvalue weighted by Crippen LogP contribution is 2.38. The van der Waals surface area contributed by atoms with Gasteiger partial charge in [-0.05, 0) is 71.2 Å². The van der Waals surface area contributed by atoms with E-state index in [2.05, 4.69) is 27.9 Å². The molecular formula is C33H43IN2O7. The Morgan fingerprint density at radius 3 is 2.47 bits per heavy atom. The fourth-order valence-corrected chi connectivity index (χ4v) is 6.74. The molecule has 4 N–H and O–H groups in total. The molecule has 0 unspecified atom stereocenters. The maximum absolute atomic E-state index is 13.9. The van der Waals surface area contributed by atoms with Crippen molar-refractivity contribution in [1.29, 1.82) is 0 Å². The third-order valence-electron chi connectivity index (χ3n) is 8.38. The molecule has 43 heavy (non-hydrogen) atoms. The maximum atomic E-state index is 13.9. The van der Waals surface area contributed by atoms with E-state index < -0.39 is 18.2 Å². The van der Waals surface area contributed by atoms with Gasteiger partial charge in [0.25, 0.3) is 0 Å². The Morgan fingerprint density at radius 2 is 1.81 bits per heavy atom. The van der Waals surface area contributed by atoms with Crippen LogP contribution in [-0.4, -0.2) is 70.5 Å². The summed E-state index contributed by atoms with van der Waals surface area (Å²) >= 11 is 2.08. The first-order valence-corrected chi connectivity index (χ1v) is 16.1. The lowest BCUT2D eigenvalue weighted by Gasteiger charge is -2.41. The van der Waals surface area contributed by atoms with E-state index >= 15 is 0 Å². The minimum atomic E-state index is -1.15. The van der Waals surface area contributed by atoms with Gasteiger partial charge in [-0.1, -0.05) is 55.5 Å². The minimum absolute atomic E-state index is 0.0632. The highest BCUT2D eigenvalue weighted by molar-refractivity contribution is 14.1. The van der Waals surface area contributed by atoms with Crippen LogP contribution in [0.15, 0.2) is 48.0 Å². The van der Waals surface area contributed by atoms with Gasteiger partial charge in [-0.25, -0.2) is 0 Å². The molecule has 3 atom stereocenters. The third-order valence-corrected chi connectivity index (χ3v) is 9.18. The zero-order valence-electron chi connectivity index (χ0n) is 24.9. The first-order chi connectivity index (χ1) is 20.7. The van der Waals surface area contributed by atoms with Crippen molar-refractivity contribution in [2.24, 2.45) is 5.92 Å². The van der Waals surface area contributed by atoms with Gasteiger partial charge in [0.1, 0.15) is 12.2 Å². The zero-order valence-corrected chi connectivity index (χ0v) is 27.1. The summed E-state index contributed by atoms with van der Waals surface area (Å²) in [7, 11) is 1.50. The molecule has 9 nitrogen and oxygen atoms in total. The normalized spacial score (nSPS) is 20.4.